The van der Waals surface area contributed by atoms with Crippen molar-refractivity contribution in [2.45, 2.75) is 45.6 Å². The van der Waals surface area contributed by atoms with Crippen LogP contribution in [0.15, 0.2) is 18.2 Å². The van der Waals surface area contributed by atoms with Crippen LogP contribution in [0.5, 0.6) is 11.5 Å². The van der Waals surface area contributed by atoms with E-state index in [0.717, 1.165) is 18.4 Å². The van der Waals surface area contributed by atoms with Gasteiger partial charge in [0.2, 0.25) is 0 Å². The van der Waals surface area contributed by atoms with Gasteiger partial charge in [0.05, 0.1) is 6.61 Å². The number of ether oxygens (including phenoxy) is 1. The molecule has 0 radical (unpaired) electrons. The quantitative estimate of drug-likeness (QED) is 0.715. The van der Waals surface area contributed by atoms with E-state index in [1.807, 2.05) is 19.1 Å². The topological polar surface area (TPSA) is 55.5 Å². The Bertz CT molecular complexity index is 339. The molecular formula is C14H23NO2. The number of hydrogen-bond donors (Lipinski definition) is 2. The van der Waals surface area contributed by atoms with Crippen molar-refractivity contribution in [3.63, 3.8) is 0 Å². The molecule has 0 unspecified atom stereocenters. The van der Waals surface area contributed by atoms with Gasteiger partial charge in [-0.2, -0.15) is 0 Å². The van der Waals surface area contributed by atoms with Crippen LogP contribution >= 0.6 is 0 Å². The van der Waals surface area contributed by atoms with Crippen LogP contribution in [0.25, 0.3) is 0 Å². The molecule has 3 heteroatoms. The molecular weight excluding hydrogens is 214 g/mol. The molecule has 17 heavy (non-hydrogen) atoms. The molecule has 0 saturated carbocycles. The lowest BCUT2D eigenvalue weighted by atomic mass is 10.0. The van der Waals surface area contributed by atoms with Gasteiger partial charge in [-0.25, -0.2) is 0 Å². The van der Waals surface area contributed by atoms with Gasteiger partial charge in [0.1, 0.15) is 0 Å². The van der Waals surface area contributed by atoms with Crippen molar-refractivity contribution in [1.82, 2.24) is 0 Å². The highest BCUT2D eigenvalue weighted by atomic mass is 16.5. The number of unbranched alkanes of at least 4 members (excludes halogenated alkanes) is 2. The number of rotatable bonds is 7. The van der Waals surface area contributed by atoms with Gasteiger partial charge in [0.25, 0.3) is 0 Å². The molecule has 0 amide bonds. The third kappa shape index (κ3) is 4.27. The van der Waals surface area contributed by atoms with Gasteiger partial charge in [-0.05, 0) is 31.0 Å². The molecule has 96 valence electrons. The second-order valence-electron chi connectivity index (χ2n) is 4.26. The number of phenols is 1. The zero-order valence-electron chi connectivity index (χ0n) is 10.8. The van der Waals surface area contributed by atoms with Crippen LogP contribution in [0.3, 0.4) is 0 Å². The first-order valence-electron chi connectivity index (χ1n) is 6.40. The molecule has 0 saturated heterocycles. The van der Waals surface area contributed by atoms with Crippen molar-refractivity contribution in [2.75, 3.05) is 6.61 Å². The van der Waals surface area contributed by atoms with E-state index >= 15 is 0 Å². The second kappa shape index (κ2) is 7.17. The zero-order chi connectivity index (χ0) is 12.7. The van der Waals surface area contributed by atoms with Gasteiger partial charge in [-0.3, -0.25) is 0 Å². The average Bonchev–Trinajstić information content (AvgIpc) is 2.32. The Balaban J connectivity index is 2.66. The fourth-order valence-corrected chi connectivity index (χ4v) is 1.81. The summed E-state index contributed by atoms with van der Waals surface area (Å²) in [5.74, 6) is 0.701. The highest BCUT2D eigenvalue weighted by molar-refractivity contribution is 5.42. The standard InChI is InChI=1S/C14H23NO2/c1-3-5-6-7-12(15)11-8-9-13(16)14(10-11)17-4-2/h8-10,12,16H,3-7,15H2,1-2H3/t12-/m0/s1. The first-order valence-corrected chi connectivity index (χ1v) is 6.40. The molecule has 1 aromatic carbocycles. The monoisotopic (exact) mass is 237 g/mol. The van der Waals surface area contributed by atoms with Crippen molar-refractivity contribution < 1.29 is 9.84 Å². The molecule has 0 aliphatic rings. The number of aromatic hydroxyl groups is 1. The first kappa shape index (κ1) is 13.8. The molecule has 0 fully saturated rings. The number of hydrogen-bond acceptors (Lipinski definition) is 3. The van der Waals surface area contributed by atoms with Crippen molar-refractivity contribution in [1.29, 1.82) is 0 Å². The van der Waals surface area contributed by atoms with E-state index in [2.05, 4.69) is 6.92 Å². The zero-order valence-corrected chi connectivity index (χ0v) is 10.8. The largest absolute Gasteiger partial charge is 0.504 e. The molecule has 0 heterocycles. The van der Waals surface area contributed by atoms with Gasteiger partial charge in [0, 0.05) is 6.04 Å². The van der Waals surface area contributed by atoms with E-state index in [-0.39, 0.29) is 11.8 Å². The number of phenolic OH excluding ortho intramolecular Hbond substituents is 1. The van der Waals surface area contributed by atoms with Gasteiger partial charge in [0.15, 0.2) is 11.5 Å². The van der Waals surface area contributed by atoms with E-state index < -0.39 is 0 Å². The van der Waals surface area contributed by atoms with E-state index in [4.69, 9.17) is 10.5 Å². The highest BCUT2D eigenvalue weighted by Gasteiger charge is 2.09. The minimum absolute atomic E-state index is 0.0290. The van der Waals surface area contributed by atoms with Crippen LogP contribution in [0.2, 0.25) is 0 Å². The van der Waals surface area contributed by atoms with Crippen molar-refractivity contribution in [2.24, 2.45) is 5.73 Å². The maximum atomic E-state index is 9.60. The number of benzene rings is 1. The Morgan fingerprint density at radius 1 is 1.29 bits per heavy atom. The van der Waals surface area contributed by atoms with Gasteiger partial charge in [-0.1, -0.05) is 32.3 Å². The summed E-state index contributed by atoms with van der Waals surface area (Å²) >= 11 is 0. The van der Waals surface area contributed by atoms with Crippen molar-refractivity contribution in [3.8, 4) is 11.5 Å². The SMILES string of the molecule is CCCCC[C@H](N)c1ccc(O)c(OCC)c1. The lowest BCUT2D eigenvalue weighted by Gasteiger charge is -2.14. The van der Waals surface area contributed by atoms with Gasteiger partial charge in [-0.15, -0.1) is 0 Å². The summed E-state index contributed by atoms with van der Waals surface area (Å²) in [4.78, 5) is 0. The summed E-state index contributed by atoms with van der Waals surface area (Å²) in [6.45, 7) is 4.62. The third-order valence-corrected chi connectivity index (χ3v) is 2.83. The van der Waals surface area contributed by atoms with E-state index in [1.165, 1.54) is 12.8 Å². The highest BCUT2D eigenvalue weighted by Crippen LogP contribution is 2.30. The lowest BCUT2D eigenvalue weighted by Crippen LogP contribution is -2.10. The van der Waals surface area contributed by atoms with E-state index in [0.29, 0.717) is 12.4 Å². The predicted molar refractivity (Wildman–Crippen MR) is 70.3 cm³/mol. The maximum Gasteiger partial charge on any atom is 0.161 e. The third-order valence-electron chi connectivity index (χ3n) is 2.83. The molecule has 0 spiro atoms. The molecule has 3 nitrogen and oxygen atoms in total. The van der Waals surface area contributed by atoms with Gasteiger partial charge >= 0.3 is 0 Å². The molecule has 0 aliphatic heterocycles. The Morgan fingerprint density at radius 2 is 2.06 bits per heavy atom. The van der Waals surface area contributed by atoms with Crippen LogP contribution < -0.4 is 10.5 Å². The summed E-state index contributed by atoms with van der Waals surface area (Å²) in [5.41, 5.74) is 7.14. The Labute approximate surface area is 104 Å². The molecule has 3 N–H and O–H groups in total. The van der Waals surface area contributed by atoms with Crippen molar-refractivity contribution in [3.05, 3.63) is 23.8 Å². The van der Waals surface area contributed by atoms with E-state index in [1.54, 1.807) is 6.07 Å². The van der Waals surface area contributed by atoms with Crippen LogP contribution in [0.1, 0.15) is 51.1 Å². The Kier molecular flexibility index (Phi) is 5.84. The van der Waals surface area contributed by atoms with Crippen LogP contribution in [0, 0.1) is 0 Å². The smallest absolute Gasteiger partial charge is 0.161 e. The normalized spacial score (nSPS) is 12.4. The van der Waals surface area contributed by atoms with Crippen LogP contribution in [-0.2, 0) is 0 Å². The summed E-state index contributed by atoms with van der Waals surface area (Å²) in [6.07, 6.45) is 4.53. The summed E-state index contributed by atoms with van der Waals surface area (Å²) in [7, 11) is 0. The maximum absolute atomic E-state index is 9.60. The molecule has 0 bridgehead atoms. The molecule has 0 aromatic heterocycles. The molecule has 0 aliphatic carbocycles. The summed E-state index contributed by atoms with van der Waals surface area (Å²) in [6, 6.07) is 5.39. The second-order valence-corrected chi connectivity index (χ2v) is 4.26. The first-order chi connectivity index (χ1) is 8.19. The lowest BCUT2D eigenvalue weighted by molar-refractivity contribution is 0.317. The molecule has 1 aromatic rings. The fourth-order valence-electron chi connectivity index (χ4n) is 1.81. The Morgan fingerprint density at radius 3 is 2.71 bits per heavy atom. The minimum Gasteiger partial charge on any atom is -0.504 e. The van der Waals surface area contributed by atoms with Crippen LogP contribution in [-0.4, -0.2) is 11.7 Å². The predicted octanol–water partition coefficient (Wildman–Crippen LogP) is 3.37. The molecule has 1 rings (SSSR count). The molecule has 1 atom stereocenters. The summed E-state index contributed by atoms with van der Waals surface area (Å²) in [5, 5.41) is 9.60. The van der Waals surface area contributed by atoms with Gasteiger partial charge < -0.3 is 15.6 Å². The minimum atomic E-state index is 0.0290. The van der Waals surface area contributed by atoms with Crippen LogP contribution in [0.4, 0.5) is 0 Å². The van der Waals surface area contributed by atoms with E-state index in [9.17, 15) is 5.11 Å². The van der Waals surface area contributed by atoms with Crippen molar-refractivity contribution >= 4 is 0 Å². The fraction of sp³-hybridized carbons (Fsp3) is 0.571. The average molecular weight is 237 g/mol. The summed E-state index contributed by atoms with van der Waals surface area (Å²) < 4.78 is 5.35. The number of nitrogens with two attached hydrogens (primary N) is 1. The Hall–Kier alpha value is -1.22.